The molecule has 1 aromatic heterocycles. The molecular weight excluding hydrogens is 380 g/mol. The van der Waals surface area contributed by atoms with Crippen molar-refractivity contribution in [2.75, 3.05) is 25.5 Å². The number of nitrogens with one attached hydrogen (secondary N) is 1. The third kappa shape index (κ3) is 6.54. The second kappa shape index (κ2) is 11.1. The van der Waals surface area contributed by atoms with E-state index in [1.54, 1.807) is 6.92 Å². The summed E-state index contributed by atoms with van der Waals surface area (Å²) in [4.78, 5) is 16.5. The minimum Gasteiger partial charge on any atom is -0.441 e. The number of rotatable bonds is 11. The van der Waals surface area contributed by atoms with E-state index in [9.17, 15) is 9.00 Å². The fourth-order valence-corrected chi connectivity index (χ4v) is 3.70. The molecule has 7 nitrogen and oxygen atoms in total. The van der Waals surface area contributed by atoms with Gasteiger partial charge in [0, 0.05) is 29.6 Å². The molecule has 8 heteroatoms. The molecule has 2 aromatic rings. The molecule has 28 heavy (non-hydrogen) atoms. The van der Waals surface area contributed by atoms with Gasteiger partial charge in [0.15, 0.2) is 6.29 Å². The second-order valence-corrected chi connectivity index (χ2v) is 7.67. The molecular formula is C20H28N2O5S. The number of ether oxygens (including phenoxy) is 2. The molecule has 0 spiro atoms. The molecule has 0 saturated heterocycles. The summed E-state index contributed by atoms with van der Waals surface area (Å²) in [7, 11) is -1.40. The van der Waals surface area contributed by atoms with Crippen LogP contribution in [0.3, 0.4) is 0 Å². The molecule has 0 saturated carbocycles. The topological polar surface area (TPSA) is 90.7 Å². The molecule has 0 aliphatic rings. The van der Waals surface area contributed by atoms with Crippen LogP contribution >= 0.6 is 0 Å². The first-order chi connectivity index (χ1) is 13.4. The zero-order valence-electron chi connectivity index (χ0n) is 16.8. The lowest BCUT2D eigenvalue weighted by atomic mass is 10.1. The number of hydrogen-bond donors (Lipinski definition) is 1. The number of hydrogen-bond acceptors (Lipinski definition) is 6. The van der Waals surface area contributed by atoms with Gasteiger partial charge in [0.2, 0.25) is 11.8 Å². The van der Waals surface area contributed by atoms with Crippen molar-refractivity contribution >= 4 is 16.7 Å². The van der Waals surface area contributed by atoms with Crippen LogP contribution < -0.4 is 5.32 Å². The van der Waals surface area contributed by atoms with E-state index in [4.69, 9.17) is 13.9 Å². The Bertz CT molecular complexity index is 800. The van der Waals surface area contributed by atoms with Crippen molar-refractivity contribution in [1.29, 1.82) is 0 Å². The van der Waals surface area contributed by atoms with Gasteiger partial charge in [-0.15, -0.1) is 0 Å². The molecule has 1 atom stereocenters. The zero-order valence-corrected chi connectivity index (χ0v) is 17.6. The van der Waals surface area contributed by atoms with Gasteiger partial charge in [-0.05, 0) is 39.3 Å². The molecule has 0 unspecified atom stereocenters. The number of benzene rings is 1. The lowest BCUT2D eigenvalue weighted by Crippen LogP contribution is -2.37. The van der Waals surface area contributed by atoms with Gasteiger partial charge in [0.05, 0.1) is 18.0 Å². The third-order valence-electron chi connectivity index (χ3n) is 4.03. The van der Waals surface area contributed by atoms with Crippen LogP contribution in [0.25, 0.3) is 11.5 Å². The van der Waals surface area contributed by atoms with E-state index in [0.717, 1.165) is 11.1 Å². The van der Waals surface area contributed by atoms with Gasteiger partial charge in [-0.1, -0.05) is 18.2 Å². The van der Waals surface area contributed by atoms with E-state index in [1.165, 1.54) is 0 Å². The number of aryl methyl sites for hydroxylation is 2. The van der Waals surface area contributed by atoms with Gasteiger partial charge in [0.1, 0.15) is 11.5 Å². The lowest BCUT2D eigenvalue weighted by Gasteiger charge is -2.17. The summed E-state index contributed by atoms with van der Waals surface area (Å²) in [6, 6.07) is 7.78. The summed E-state index contributed by atoms with van der Waals surface area (Å²) >= 11 is 0. The minimum absolute atomic E-state index is 0.114. The zero-order chi connectivity index (χ0) is 20.5. The molecule has 0 radical (unpaired) electrons. The largest absolute Gasteiger partial charge is 0.441 e. The summed E-state index contributed by atoms with van der Waals surface area (Å²) in [5.74, 6) is 0.845. The molecule has 0 aliphatic carbocycles. The van der Waals surface area contributed by atoms with Gasteiger partial charge in [0.25, 0.3) is 0 Å². The van der Waals surface area contributed by atoms with Crippen molar-refractivity contribution < 1.29 is 22.9 Å². The summed E-state index contributed by atoms with van der Waals surface area (Å²) in [6.07, 6.45) is -0.498. The highest BCUT2D eigenvalue weighted by atomic mass is 32.2. The standard InChI is InChI=1S/C20H28N2O5S/c1-5-25-19(26-6-2)11-21-18(23)13-28(24)12-17-15(4)27-20(22-17)16-10-8-7-9-14(16)3/h7-10,19H,5-6,11-13H2,1-4H3,(H,21,23)/t28-/m1/s1. The SMILES string of the molecule is CCOC(CNC(=O)C[S@](=O)Cc1nc(-c2ccccc2C)oc1C)OCC. The van der Waals surface area contributed by atoms with Crippen LogP contribution in [0.2, 0.25) is 0 Å². The first-order valence-corrected chi connectivity index (χ1v) is 10.8. The Hall–Kier alpha value is -2.03. The fourth-order valence-electron chi connectivity index (χ4n) is 2.63. The van der Waals surface area contributed by atoms with Crippen molar-refractivity contribution in [3.05, 3.63) is 41.3 Å². The predicted octanol–water partition coefficient (Wildman–Crippen LogP) is 2.72. The number of oxazole rings is 1. The highest BCUT2D eigenvalue weighted by Crippen LogP contribution is 2.25. The van der Waals surface area contributed by atoms with E-state index in [1.807, 2.05) is 45.0 Å². The Labute approximate surface area is 168 Å². The fraction of sp³-hybridized carbons (Fsp3) is 0.500. The number of amides is 1. The van der Waals surface area contributed by atoms with Crippen LogP contribution in [0, 0.1) is 13.8 Å². The number of carbonyl (C=O) groups is 1. The van der Waals surface area contributed by atoms with Crippen molar-refractivity contribution in [2.45, 2.75) is 39.7 Å². The van der Waals surface area contributed by atoms with Gasteiger partial charge < -0.3 is 19.2 Å². The Morgan fingerprint density at radius 2 is 1.89 bits per heavy atom. The van der Waals surface area contributed by atoms with E-state index >= 15 is 0 Å². The Balaban J connectivity index is 1.91. The van der Waals surface area contributed by atoms with Crippen molar-refractivity contribution in [3.8, 4) is 11.5 Å². The smallest absolute Gasteiger partial charge is 0.232 e. The van der Waals surface area contributed by atoms with Crippen LogP contribution in [0.5, 0.6) is 0 Å². The van der Waals surface area contributed by atoms with Gasteiger partial charge >= 0.3 is 0 Å². The maximum Gasteiger partial charge on any atom is 0.232 e. The molecule has 0 bridgehead atoms. The number of nitrogens with zero attached hydrogens (tertiary/aromatic N) is 1. The third-order valence-corrected chi connectivity index (χ3v) is 5.21. The Morgan fingerprint density at radius 3 is 2.54 bits per heavy atom. The number of carbonyl (C=O) groups excluding carboxylic acids is 1. The monoisotopic (exact) mass is 408 g/mol. The van der Waals surface area contributed by atoms with Crippen LogP contribution in [0.4, 0.5) is 0 Å². The highest BCUT2D eigenvalue weighted by Gasteiger charge is 2.17. The molecule has 2 rings (SSSR count). The van der Waals surface area contributed by atoms with Crippen LogP contribution in [0.15, 0.2) is 28.7 Å². The summed E-state index contributed by atoms with van der Waals surface area (Å²) < 4.78 is 28.9. The van der Waals surface area contributed by atoms with Crippen molar-refractivity contribution in [3.63, 3.8) is 0 Å². The molecule has 0 fully saturated rings. The lowest BCUT2D eigenvalue weighted by molar-refractivity contribution is -0.139. The molecule has 0 aliphatic heterocycles. The summed E-state index contributed by atoms with van der Waals surface area (Å²) in [5, 5.41) is 2.70. The normalized spacial score (nSPS) is 12.3. The first-order valence-electron chi connectivity index (χ1n) is 9.31. The van der Waals surface area contributed by atoms with Crippen molar-refractivity contribution in [1.82, 2.24) is 10.3 Å². The van der Waals surface area contributed by atoms with E-state index < -0.39 is 17.1 Å². The minimum atomic E-state index is -1.40. The van der Waals surface area contributed by atoms with Crippen molar-refractivity contribution in [2.24, 2.45) is 0 Å². The van der Waals surface area contributed by atoms with Crippen LogP contribution in [-0.4, -0.2) is 46.9 Å². The molecule has 1 N–H and O–H groups in total. The maximum atomic E-state index is 12.4. The predicted molar refractivity (Wildman–Crippen MR) is 108 cm³/mol. The van der Waals surface area contributed by atoms with E-state index in [-0.39, 0.29) is 24.0 Å². The maximum absolute atomic E-state index is 12.4. The molecule has 1 heterocycles. The molecule has 154 valence electrons. The summed E-state index contributed by atoms with van der Waals surface area (Å²) in [6.45, 7) is 8.67. The van der Waals surface area contributed by atoms with E-state index in [2.05, 4.69) is 10.3 Å². The van der Waals surface area contributed by atoms with E-state index in [0.29, 0.717) is 30.6 Å². The quantitative estimate of drug-likeness (QED) is 0.575. The average molecular weight is 409 g/mol. The van der Waals surface area contributed by atoms with Gasteiger partial charge in [-0.3, -0.25) is 9.00 Å². The second-order valence-electron chi connectivity index (χ2n) is 6.21. The van der Waals surface area contributed by atoms with Crippen LogP contribution in [-0.2, 0) is 30.8 Å². The molecule has 1 aromatic carbocycles. The average Bonchev–Trinajstić information content (AvgIpc) is 3.00. The summed E-state index contributed by atoms with van der Waals surface area (Å²) in [5.41, 5.74) is 2.55. The van der Waals surface area contributed by atoms with Gasteiger partial charge in [-0.2, -0.15) is 0 Å². The van der Waals surface area contributed by atoms with Crippen LogP contribution in [0.1, 0.15) is 30.9 Å². The Morgan fingerprint density at radius 1 is 1.21 bits per heavy atom. The Kier molecular flexibility index (Phi) is 8.82. The number of aromatic nitrogens is 1. The first kappa shape index (κ1) is 22.3. The highest BCUT2D eigenvalue weighted by molar-refractivity contribution is 7.84. The van der Waals surface area contributed by atoms with Gasteiger partial charge in [-0.25, -0.2) is 4.98 Å². The molecule has 1 amide bonds.